The molecule has 0 aliphatic carbocycles. The van der Waals surface area contributed by atoms with E-state index >= 15 is 0 Å². The zero-order valence-electron chi connectivity index (χ0n) is 18.0. The fourth-order valence-corrected chi connectivity index (χ4v) is 4.56. The van der Waals surface area contributed by atoms with Gasteiger partial charge in [-0.05, 0) is 54.1 Å². The minimum Gasteiger partial charge on any atom is -0.493 e. The zero-order chi connectivity index (χ0) is 23.1. The highest BCUT2D eigenvalue weighted by atomic mass is 35.5. The van der Waals surface area contributed by atoms with Crippen LogP contribution in [-0.2, 0) is 14.4 Å². The van der Waals surface area contributed by atoms with Gasteiger partial charge in [0.2, 0.25) is 5.91 Å². The van der Waals surface area contributed by atoms with E-state index in [2.05, 4.69) is 0 Å². The summed E-state index contributed by atoms with van der Waals surface area (Å²) in [5.41, 5.74) is 1.97. The van der Waals surface area contributed by atoms with Crippen LogP contribution in [0.4, 0.5) is 11.4 Å². The van der Waals surface area contributed by atoms with Crippen molar-refractivity contribution in [3.63, 3.8) is 0 Å². The second-order valence-electron chi connectivity index (χ2n) is 7.76. The number of fused-ring (bicyclic) bond motifs is 1. The number of benzene rings is 3. The second kappa shape index (κ2) is 8.42. The SMILES string of the molecule is COc1ccc([C@@H]2[C@@H]3C(=O)N(c4ccc(Cl)cc4)C(=O)[C@@H]3ON2c2ccccc2)cc1OC. The molecule has 2 saturated heterocycles. The average Bonchev–Trinajstić information content (AvgIpc) is 3.36. The van der Waals surface area contributed by atoms with Crippen LogP contribution in [0.5, 0.6) is 11.5 Å². The molecular weight excluding hydrogens is 444 g/mol. The monoisotopic (exact) mass is 464 g/mol. The average molecular weight is 465 g/mol. The fourth-order valence-electron chi connectivity index (χ4n) is 4.43. The third kappa shape index (κ3) is 3.50. The lowest BCUT2D eigenvalue weighted by molar-refractivity contribution is -0.126. The van der Waals surface area contributed by atoms with Crippen LogP contribution in [0.2, 0.25) is 5.02 Å². The molecule has 0 spiro atoms. The van der Waals surface area contributed by atoms with E-state index < -0.39 is 24.0 Å². The number of methoxy groups -OCH3 is 2. The van der Waals surface area contributed by atoms with Crippen molar-refractivity contribution in [1.82, 2.24) is 0 Å². The van der Waals surface area contributed by atoms with Crippen molar-refractivity contribution in [2.75, 3.05) is 24.2 Å². The van der Waals surface area contributed by atoms with Crippen LogP contribution in [0.15, 0.2) is 72.8 Å². The Morgan fingerprint density at radius 3 is 2.18 bits per heavy atom. The van der Waals surface area contributed by atoms with E-state index in [-0.39, 0.29) is 5.91 Å². The smallest absolute Gasteiger partial charge is 0.266 e. The molecule has 0 N–H and O–H groups in total. The van der Waals surface area contributed by atoms with Gasteiger partial charge in [0.05, 0.1) is 31.6 Å². The number of nitrogens with zero attached hydrogens (tertiary/aromatic N) is 2. The van der Waals surface area contributed by atoms with E-state index in [9.17, 15) is 9.59 Å². The first-order valence-electron chi connectivity index (χ1n) is 10.4. The number of hydrogen-bond donors (Lipinski definition) is 0. The van der Waals surface area contributed by atoms with Gasteiger partial charge in [-0.3, -0.25) is 14.4 Å². The van der Waals surface area contributed by atoms with Gasteiger partial charge in [0.1, 0.15) is 5.92 Å². The summed E-state index contributed by atoms with van der Waals surface area (Å²) in [4.78, 5) is 34.3. The number of rotatable bonds is 5. The first kappa shape index (κ1) is 21.3. The summed E-state index contributed by atoms with van der Waals surface area (Å²) in [6.45, 7) is 0. The molecule has 3 atom stereocenters. The van der Waals surface area contributed by atoms with Crippen molar-refractivity contribution in [3.8, 4) is 11.5 Å². The molecule has 8 heteroatoms. The Bertz CT molecular complexity index is 1200. The number of anilines is 2. The molecule has 33 heavy (non-hydrogen) atoms. The normalized spacial score (nSPS) is 22.0. The number of hydrogen-bond acceptors (Lipinski definition) is 6. The van der Waals surface area contributed by atoms with Crippen molar-refractivity contribution in [1.29, 1.82) is 0 Å². The lowest BCUT2D eigenvalue weighted by Gasteiger charge is -2.29. The summed E-state index contributed by atoms with van der Waals surface area (Å²) in [5.74, 6) is -0.384. The third-order valence-electron chi connectivity index (χ3n) is 5.96. The molecule has 0 radical (unpaired) electrons. The van der Waals surface area contributed by atoms with Gasteiger partial charge < -0.3 is 9.47 Å². The third-order valence-corrected chi connectivity index (χ3v) is 6.21. The highest BCUT2D eigenvalue weighted by Crippen LogP contribution is 2.48. The predicted molar refractivity (Wildman–Crippen MR) is 124 cm³/mol. The maximum Gasteiger partial charge on any atom is 0.266 e. The summed E-state index contributed by atoms with van der Waals surface area (Å²) >= 11 is 5.99. The van der Waals surface area contributed by atoms with Gasteiger partial charge in [-0.15, -0.1) is 0 Å². The molecule has 0 aromatic heterocycles. The van der Waals surface area contributed by atoms with E-state index in [1.165, 1.54) is 4.90 Å². The topological polar surface area (TPSA) is 68.3 Å². The van der Waals surface area contributed by atoms with Gasteiger partial charge in [0.15, 0.2) is 17.6 Å². The quantitative estimate of drug-likeness (QED) is 0.521. The van der Waals surface area contributed by atoms with Crippen molar-refractivity contribution in [3.05, 3.63) is 83.4 Å². The molecule has 0 saturated carbocycles. The number of ether oxygens (including phenoxy) is 2. The standard InChI is InChI=1S/C25H21ClN2O5/c1-31-19-13-8-15(14-20(19)32-2)22-21-23(33-28(22)18-6-4-3-5-7-18)25(30)27(24(21)29)17-11-9-16(26)10-12-17/h3-14,21-23H,1-2H3/t21-,22+,23+/m0/s1. The molecule has 2 aliphatic rings. The first-order valence-corrected chi connectivity index (χ1v) is 10.8. The van der Waals surface area contributed by atoms with Crippen LogP contribution >= 0.6 is 11.6 Å². The minimum atomic E-state index is -0.952. The number of carbonyl (C=O) groups is 2. The van der Waals surface area contributed by atoms with Crippen LogP contribution in [0, 0.1) is 5.92 Å². The molecule has 3 aromatic carbocycles. The molecule has 2 aliphatic heterocycles. The van der Waals surface area contributed by atoms with Crippen LogP contribution < -0.4 is 19.4 Å². The summed E-state index contributed by atoms with van der Waals surface area (Å²) in [5, 5.41) is 2.17. The molecule has 3 aromatic rings. The van der Waals surface area contributed by atoms with E-state index in [1.807, 2.05) is 42.5 Å². The van der Waals surface area contributed by atoms with Crippen LogP contribution in [-0.4, -0.2) is 32.1 Å². The van der Waals surface area contributed by atoms with Crippen LogP contribution in [0.3, 0.4) is 0 Å². The van der Waals surface area contributed by atoms with Crippen molar-refractivity contribution in [2.45, 2.75) is 12.1 Å². The molecule has 5 rings (SSSR count). The van der Waals surface area contributed by atoms with E-state index in [1.54, 1.807) is 49.6 Å². The highest BCUT2D eigenvalue weighted by molar-refractivity contribution is 6.31. The number of para-hydroxylation sites is 1. The number of carbonyl (C=O) groups excluding carboxylic acids is 2. The lowest BCUT2D eigenvalue weighted by Crippen LogP contribution is -2.37. The van der Waals surface area contributed by atoms with Crippen molar-refractivity contribution in [2.24, 2.45) is 5.92 Å². The molecule has 0 bridgehead atoms. The highest BCUT2D eigenvalue weighted by Gasteiger charge is 2.60. The van der Waals surface area contributed by atoms with Gasteiger partial charge in [-0.25, -0.2) is 9.96 Å². The molecule has 7 nitrogen and oxygen atoms in total. The Morgan fingerprint density at radius 2 is 1.52 bits per heavy atom. The van der Waals surface area contributed by atoms with Gasteiger partial charge in [0.25, 0.3) is 5.91 Å². The Labute approximate surface area is 196 Å². The Balaban J connectivity index is 1.60. The van der Waals surface area contributed by atoms with Crippen LogP contribution in [0.25, 0.3) is 0 Å². The summed E-state index contributed by atoms with van der Waals surface area (Å²) in [7, 11) is 3.11. The molecule has 2 fully saturated rings. The molecule has 2 amide bonds. The number of hydroxylamine groups is 1. The van der Waals surface area contributed by atoms with Gasteiger partial charge in [0, 0.05) is 5.02 Å². The fraction of sp³-hybridized carbons (Fsp3) is 0.200. The number of amides is 2. The van der Waals surface area contributed by atoms with E-state index in [0.29, 0.717) is 22.2 Å². The van der Waals surface area contributed by atoms with E-state index in [0.717, 1.165) is 11.3 Å². The predicted octanol–water partition coefficient (Wildman–Crippen LogP) is 4.41. The summed E-state index contributed by atoms with van der Waals surface area (Å²) in [6, 6.07) is 20.9. The second-order valence-corrected chi connectivity index (χ2v) is 8.20. The largest absolute Gasteiger partial charge is 0.493 e. The molecule has 2 heterocycles. The maximum atomic E-state index is 13.6. The molecular formula is C25H21ClN2O5. The maximum absolute atomic E-state index is 13.6. The van der Waals surface area contributed by atoms with Crippen molar-refractivity contribution < 1.29 is 23.9 Å². The van der Waals surface area contributed by atoms with Crippen molar-refractivity contribution >= 4 is 34.8 Å². The van der Waals surface area contributed by atoms with Crippen LogP contribution in [0.1, 0.15) is 11.6 Å². The van der Waals surface area contributed by atoms with Gasteiger partial charge >= 0.3 is 0 Å². The number of imide groups is 1. The Hall–Kier alpha value is -3.55. The summed E-state index contributed by atoms with van der Waals surface area (Å²) in [6.07, 6.45) is -0.952. The van der Waals surface area contributed by atoms with Gasteiger partial charge in [-0.2, -0.15) is 0 Å². The summed E-state index contributed by atoms with van der Waals surface area (Å²) < 4.78 is 10.8. The Kier molecular flexibility index (Phi) is 5.44. The molecule has 168 valence electrons. The molecule has 0 unspecified atom stereocenters. The van der Waals surface area contributed by atoms with Gasteiger partial charge in [-0.1, -0.05) is 35.9 Å². The minimum absolute atomic E-state index is 0.328. The zero-order valence-corrected chi connectivity index (χ0v) is 18.7. The lowest BCUT2D eigenvalue weighted by atomic mass is 9.90. The van der Waals surface area contributed by atoms with E-state index in [4.69, 9.17) is 25.9 Å². The first-order chi connectivity index (χ1) is 16.0. The Morgan fingerprint density at radius 1 is 0.818 bits per heavy atom. The number of halogens is 1.